The lowest BCUT2D eigenvalue weighted by atomic mass is 9.95. The van der Waals surface area contributed by atoms with E-state index < -0.39 is 0 Å². The van der Waals surface area contributed by atoms with Crippen LogP contribution in [0.4, 0.5) is 0 Å². The Kier molecular flexibility index (Phi) is 6.55. The Labute approximate surface area is 163 Å². The molecule has 0 aromatic heterocycles. The fourth-order valence-corrected chi connectivity index (χ4v) is 3.57. The minimum Gasteiger partial charge on any atom is -0.484 e. The van der Waals surface area contributed by atoms with Crippen LogP contribution in [-0.4, -0.2) is 78.8 Å². The average molecular weight is 394 g/mol. The summed E-state index contributed by atoms with van der Waals surface area (Å²) < 4.78 is 5.51. The molecule has 0 bridgehead atoms. The molecule has 0 N–H and O–H groups in total. The standard InChI is InChI=1S/C19H24ClN3O4/c20-16-1-3-17(4-2-16)27-13-18(25)22-7-5-15(6-8-22)19(26)23-11-9-21(14-24)10-12-23/h1-4,14-15H,5-13H2. The van der Waals surface area contributed by atoms with Crippen molar-refractivity contribution in [2.75, 3.05) is 45.9 Å². The second-order valence-corrected chi connectivity index (χ2v) is 7.30. The first-order valence-corrected chi connectivity index (χ1v) is 9.59. The van der Waals surface area contributed by atoms with Crippen LogP contribution < -0.4 is 4.74 Å². The maximum Gasteiger partial charge on any atom is 0.260 e. The van der Waals surface area contributed by atoms with E-state index in [1.807, 2.05) is 4.90 Å². The van der Waals surface area contributed by atoms with Gasteiger partial charge in [-0.3, -0.25) is 14.4 Å². The van der Waals surface area contributed by atoms with Gasteiger partial charge in [-0.25, -0.2) is 0 Å². The minimum atomic E-state index is -0.0737. The molecule has 1 aromatic carbocycles. The molecule has 3 amide bonds. The Bertz CT molecular complexity index is 666. The highest BCUT2D eigenvalue weighted by Crippen LogP contribution is 2.21. The summed E-state index contributed by atoms with van der Waals surface area (Å²) >= 11 is 5.83. The Morgan fingerprint density at radius 2 is 1.63 bits per heavy atom. The second kappa shape index (κ2) is 9.08. The highest BCUT2D eigenvalue weighted by molar-refractivity contribution is 6.30. The molecule has 2 heterocycles. The van der Waals surface area contributed by atoms with E-state index >= 15 is 0 Å². The van der Waals surface area contributed by atoms with Crippen LogP contribution in [0, 0.1) is 5.92 Å². The molecule has 2 aliphatic rings. The maximum atomic E-state index is 12.6. The van der Waals surface area contributed by atoms with Crippen molar-refractivity contribution in [3.05, 3.63) is 29.3 Å². The predicted octanol–water partition coefficient (Wildman–Crippen LogP) is 1.26. The molecule has 0 spiro atoms. The number of amides is 3. The predicted molar refractivity (Wildman–Crippen MR) is 100 cm³/mol. The van der Waals surface area contributed by atoms with E-state index in [4.69, 9.17) is 16.3 Å². The van der Waals surface area contributed by atoms with Crippen molar-refractivity contribution >= 4 is 29.8 Å². The van der Waals surface area contributed by atoms with Gasteiger partial charge in [0.2, 0.25) is 12.3 Å². The Morgan fingerprint density at radius 3 is 2.22 bits per heavy atom. The minimum absolute atomic E-state index is 0.0199. The summed E-state index contributed by atoms with van der Waals surface area (Å²) in [4.78, 5) is 41.0. The first-order chi connectivity index (χ1) is 13.1. The van der Waals surface area contributed by atoms with E-state index in [2.05, 4.69) is 0 Å². The zero-order valence-corrected chi connectivity index (χ0v) is 15.9. The number of hydrogen-bond donors (Lipinski definition) is 0. The molecule has 7 nitrogen and oxygen atoms in total. The number of ether oxygens (including phenoxy) is 1. The van der Waals surface area contributed by atoms with Crippen LogP contribution in [0.25, 0.3) is 0 Å². The normalized spacial score (nSPS) is 18.3. The Morgan fingerprint density at radius 1 is 1.00 bits per heavy atom. The lowest BCUT2D eigenvalue weighted by molar-refractivity contribution is -0.143. The highest BCUT2D eigenvalue weighted by Gasteiger charge is 2.31. The van der Waals surface area contributed by atoms with Crippen molar-refractivity contribution in [2.45, 2.75) is 12.8 Å². The largest absolute Gasteiger partial charge is 0.484 e. The second-order valence-electron chi connectivity index (χ2n) is 6.86. The summed E-state index contributed by atoms with van der Waals surface area (Å²) in [6.07, 6.45) is 2.16. The van der Waals surface area contributed by atoms with E-state index in [1.165, 1.54) is 0 Å². The number of halogens is 1. The van der Waals surface area contributed by atoms with Crippen LogP contribution in [0.3, 0.4) is 0 Å². The summed E-state index contributed by atoms with van der Waals surface area (Å²) in [6.45, 7) is 3.47. The lowest BCUT2D eigenvalue weighted by Crippen LogP contribution is -2.51. The SMILES string of the molecule is O=CN1CCN(C(=O)C2CCN(C(=O)COc3ccc(Cl)cc3)CC2)CC1. The molecular formula is C19H24ClN3O4. The van der Waals surface area contributed by atoms with E-state index in [9.17, 15) is 14.4 Å². The van der Waals surface area contributed by atoms with Gasteiger partial charge in [0, 0.05) is 50.2 Å². The molecule has 2 saturated heterocycles. The van der Waals surface area contributed by atoms with Crippen LogP contribution >= 0.6 is 11.6 Å². The van der Waals surface area contributed by atoms with Gasteiger partial charge < -0.3 is 19.4 Å². The lowest BCUT2D eigenvalue weighted by Gasteiger charge is -2.37. The zero-order chi connectivity index (χ0) is 19.2. The third-order valence-corrected chi connectivity index (χ3v) is 5.40. The summed E-state index contributed by atoms with van der Waals surface area (Å²) in [5, 5.41) is 0.619. The summed E-state index contributed by atoms with van der Waals surface area (Å²) in [6, 6.07) is 6.89. The van der Waals surface area contributed by atoms with E-state index in [0.29, 0.717) is 62.9 Å². The van der Waals surface area contributed by atoms with Crippen molar-refractivity contribution in [3.8, 4) is 5.75 Å². The van der Waals surface area contributed by atoms with Gasteiger partial charge in [0.25, 0.3) is 5.91 Å². The van der Waals surface area contributed by atoms with Crippen LogP contribution in [0.2, 0.25) is 5.02 Å². The van der Waals surface area contributed by atoms with Crippen LogP contribution in [-0.2, 0) is 14.4 Å². The molecule has 2 aliphatic heterocycles. The van der Waals surface area contributed by atoms with E-state index in [1.54, 1.807) is 34.1 Å². The third-order valence-electron chi connectivity index (χ3n) is 5.15. The fourth-order valence-electron chi connectivity index (χ4n) is 3.45. The number of carbonyl (C=O) groups is 3. The molecule has 27 heavy (non-hydrogen) atoms. The summed E-state index contributed by atoms with van der Waals surface area (Å²) in [7, 11) is 0. The van der Waals surface area contributed by atoms with Gasteiger partial charge in [-0.1, -0.05) is 11.6 Å². The quantitative estimate of drug-likeness (QED) is 0.706. The summed E-state index contributed by atoms with van der Waals surface area (Å²) in [5.41, 5.74) is 0. The van der Waals surface area contributed by atoms with Gasteiger partial charge in [-0.15, -0.1) is 0 Å². The number of piperidine rings is 1. The monoisotopic (exact) mass is 393 g/mol. The Hall–Kier alpha value is -2.28. The third kappa shape index (κ3) is 5.13. The number of benzene rings is 1. The number of hydrogen-bond acceptors (Lipinski definition) is 4. The van der Waals surface area contributed by atoms with Crippen molar-refractivity contribution in [2.24, 2.45) is 5.92 Å². The first-order valence-electron chi connectivity index (χ1n) is 9.21. The molecule has 3 rings (SSSR count). The number of carbonyl (C=O) groups excluding carboxylic acids is 3. The smallest absolute Gasteiger partial charge is 0.260 e. The van der Waals surface area contributed by atoms with Crippen LogP contribution in [0.15, 0.2) is 24.3 Å². The molecule has 0 radical (unpaired) electrons. The molecular weight excluding hydrogens is 370 g/mol. The molecule has 146 valence electrons. The topological polar surface area (TPSA) is 70.2 Å². The van der Waals surface area contributed by atoms with Gasteiger partial charge in [-0.05, 0) is 37.1 Å². The maximum absolute atomic E-state index is 12.6. The first kappa shape index (κ1) is 19.5. The van der Waals surface area contributed by atoms with Crippen LogP contribution in [0.5, 0.6) is 5.75 Å². The molecule has 2 fully saturated rings. The van der Waals surface area contributed by atoms with Crippen molar-refractivity contribution in [1.82, 2.24) is 14.7 Å². The van der Waals surface area contributed by atoms with Gasteiger partial charge >= 0.3 is 0 Å². The summed E-state index contributed by atoms with van der Waals surface area (Å²) in [5.74, 6) is 0.627. The van der Waals surface area contributed by atoms with E-state index in [-0.39, 0.29) is 24.3 Å². The van der Waals surface area contributed by atoms with Gasteiger partial charge in [0.1, 0.15) is 5.75 Å². The molecule has 0 unspecified atom stereocenters. The van der Waals surface area contributed by atoms with Crippen molar-refractivity contribution in [3.63, 3.8) is 0 Å². The van der Waals surface area contributed by atoms with Crippen molar-refractivity contribution in [1.29, 1.82) is 0 Å². The van der Waals surface area contributed by atoms with Gasteiger partial charge in [-0.2, -0.15) is 0 Å². The fraction of sp³-hybridized carbons (Fsp3) is 0.526. The number of piperazine rings is 1. The zero-order valence-electron chi connectivity index (χ0n) is 15.2. The molecule has 0 aliphatic carbocycles. The highest BCUT2D eigenvalue weighted by atomic mass is 35.5. The average Bonchev–Trinajstić information content (AvgIpc) is 2.73. The van der Waals surface area contributed by atoms with Crippen LogP contribution in [0.1, 0.15) is 12.8 Å². The molecule has 8 heteroatoms. The number of rotatable bonds is 5. The molecule has 1 aromatic rings. The molecule has 0 atom stereocenters. The van der Waals surface area contributed by atoms with E-state index in [0.717, 1.165) is 6.41 Å². The van der Waals surface area contributed by atoms with Gasteiger partial charge in [0.05, 0.1) is 0 Å². The Balaban J connectivity index is 1.41. The van der Waals surface area contributed by atoms with Crippen molar-refractivity contribution < 1.29 is 19.1 Å². The van der Waals surface area contributed by atoms with Gasteiger partial charge in [0.15, 0.2) is 6.61 Å². The number of likely N-dealkylation sites (tertiary alicyclic amines) is 1. The molecule has 0 saturated carbocycles. The number of nitrogens with zero attached hydrogens (tertiary/aromatic N) is 3.